The zero-order valence-corrected chi connectivity index (χ0v) is 12.0. The lowest BCUT2D eigenvalue weighted by molar-refractivity contribution is -0.140. The van der Waals surface area contributed by atoms with E-state index in [1.165, 1.54) is 0 Å². The van der Waals surface area contributed by atoms with Crippen molar-refractivity contribution in [2.24, 2.45) is 11.8 Å². The molecule has 1 heterocycles. The summed E-state index contributed by atoms with van der Waals surface area (Å²) in [4.78, 5) is 22.5. The first kappa shape index (κ1) is 14.3. The summed E-state index contributed by atoms with van der Waals surface area (Å²) in [6.07, 6.45) is 4.82. The molecule has 0 unspecified atom stereocenters. The minimum atomic E-state index is -0.885. The third-order valence-electron chi connectivity index (χ3n) is 3.81. The van der Waals surface area contributed by atoms with E-state index >= 15 is 0 Å². The monoisotopic (exact) mass is 299 g/mol. The quantitative estimate of drug-likeness (QED) is 0.841. The summed E-state index contributed by atoms with van der Waals surface area (Å²) in [5.74, 6) is -1.91. The van der Waals surface area contributed by atoms with Gasteiger partial charge in [-0.3, -0.25) is 9.59 Å². The van der Waals surface area contributed by atoms with Crippen LogP contribution >= 0.6 is 0 Å². The highest BCUT2D eigenvalue weighted by Crippen LogP contribution is 2.38. The number of hydrogen-bond donors (Lipinski definition) is 2. The highest BCUT2D eigenvalue weighted by atomic mass is 16.4. The second kappa shape index (κ2) is 6.01. The van der Waals surface area contributed by atoms with Gasteiger partial charge in [0.1, 0.15) is 0 Å². The Morgan fingerprint density at radius 1 is 1.27 bits per heavy atom. The van der Waals surface area contributed by atoms with Gasteiger partial charge in [0.15, 0.2) is 0 Å². The summed E-state index contributed by atoms with van der Waals surface area (Å²) in [7, 11) is 0. The molecular weight excluding hydrogens is 282 g/mol. The fraction of sp³-hybridized carbons (Fsp3) is 0.312. The van der Waals surface area contributed by atoms with Crippen molar-refractivity contribution in [2.75, 3.05) is 6.54 Å². The minimum Gasteiger partial charge on any atom is -0.481 e. The fourth-order valence-corrected chi connectivity index (χ4v) is 2.43. The first-order valence-corrected chi connectivity index (χ1v) is 7.24. The van der Waals surface area contributed by atoms with Gasteiger partial charge in [0.2, 0.25) is 5.91 Å². The van der Waals surface area contributed by atoms with Crippen molar-refractivity contribution in [1.82, 2.24) is 15.1 Å². The molecule has 0 spiro atoms. The molecule has 6 heteroatoms. The fourth-order valence-electron chi connectivity index (χ4n) is 2.43. The number of benzene rings is 1. The van der Waals surface area contributed by atoms with E-state index in [9.17, 15) is 9.59 Å². The molecule has 6 nitrogen and oxygen atoms in total. The van der Waals surface area contributed by atoms with E-state index in [1.54, 1.807) is 10.9 Å². The maximum atomic E-state index is 11.7. The molecule has 1 aliphatic carbocycles. The van der Waals surface area contributed by atoms with Gasteiger partial charge in [-0.25, -0.2) is 4.68 Å². The topological polar surface area (TPSA) is 84.2 Å². The molecule has 2 atom stereocenters. The number of aliphatic carboxylic acids is 1. The van der Waals surface area contributed by atoms with Crippen molar-refractivity contribution in [2.45, 2.75) is 12.8 Å². The van der Waals surface area contributed by atoms with Gasteiger partial charge in [-0.15, -0.1) is 0 Å². The molecule has 0 aliphatic heterocycles. The lowest BCUT2D eigenvalue weighted by atomic mass is 10.2. The van der Waals surface area contributed by atoms with Crippen LogP contribution in [0.15, 0.2) is 42.7 Å². The predicted octanol–water partition coefficient (Wildman–Crippen LogP) is 1.25. The van der Waals surface area contributed by atoms with Crippen molar-refractivity contribution in [3.8, 4) is 5.69 Å². The molecular formula is C16H17N3O3. The van der Waals surface area contributed by atoms with Crippen LogP contribution in [0.25, 0.3) is 5.69 Å². The van der Waals surface area contributed by atoms with Crippen LogP contribution in [-0.2, 0) is 16.0 Å². The van der Waals surface area contributed by atoms with E-state index < -0.39 is 11.9 Å². The Morgan fingerprint density at radius 3 is 2.73 bits per heavy atom. The van der Waals surface area contributed by atoms with Crippen molar-refractivity contribution < 1.29 is 14.7 Å². The zero-order valence-electron chi connectivity index (χ0n) is 12.0. The average molecular weight is 299 g/mol. The number of nitrogens with one attached hydrogen (secondary N) is 1. The molecule has 114 valence electrons. The number of nitrogens with zero attached hydrogens (tertiary/aromatic N) is 2. The van der Waals surface area contributed by atoms with E-state index in [2.05, 4.69) is 10.4 Å². The molecule has 1 saturated carbocycles. The molecule has 0 bridgehead atoms. The van der Waals surface area contributed by atoms with E-state index in [0.29, 0.717) is 19.4 Å². The van der Waals surface area contributed by atoms with Crippen LogP contribution in [0.3, 0.4) is 0 Å². The number of para-hydroxylation sites is 1. The van der Waals surface area contributed by atoms with Gasteiger partial charge < -0.3 is 10.4 Å². The average Bonchev–Trinajstić information content (AvgIpc) is 3.21. The van der Waals surface area contributed by atoms with E-state index in [0.717, 1.165) is 11.3 Å². The molecule has 0 radical (unpaired) electrons. The van der Waals surface area contributed by atoms with Crippen molar-refractivity contribution in [3.63, 3.8) is 0 Å². The third-order valence-corrected chi connectivity index (χ3v) is 3.81. The smallest absolute Gasteiger partial charge is 0.307 e. The largest absolute Gasteiger partial charge is 0.481 e. The summed E-state index contributed by atoms with van der Waals surface area (Å²) in [5.41, 5.74) is 2.01. The second-order valence-electron chi connectivity index (χ2n) is 5.46. The zero-order chi connectivity index (χ0) is 15.5. The normalized spacial score (nSPS) is 19.6. The molecule has 1 fully saturated rings. The van der Waals surface area contributed by atoms with E-state index in [4.69, 9.17) is 5.11 Å². The highest BCUT2D eigenvalue weighted by molar-refractivity contribution is 5.89. The number of carboxylic acid groups (broad SMARTS) is 1. The van der Waals surface area contributed by atoms with Crippen LogP contribution in [0.1, 0.15) is 12.0 Å². The molecule has 3 rings (SSSR count). The van der Waals surface area contributed by atoms with Crippen LogP contribution in [0.4, 0.5) is 0 Å². The lowest BCUT2D eigenvalue weighted by Crippen LogP contribution is -2.28. The van der Waals surface area contributed by atoms with Gasteiger partial charge in [0, 0.05) is 12.7 Å². The van der Waals surface area contributed by atoms with Gasteiger partial charge in [-0.05, 0) is 30.5 Å². The standard InChI is InChI=1S/C16H17N3O3/c20-15(13-8-14(13)16(21)22)17-7-6-11-9-18-19(10-11)12-4-2-1-3-5-12/h1-5,9-10,13-14H,6-8H2,(H,17,20)(H,21,22)/t13-,14+/m0/s1. The molecule has 0 saturated heterocycles. The molecule has 2 N–H and O–H groups in total. The number of carbonyl (C=O) groups is 2. The van der Waals surface area contributed by atoms with Crippen LogP contribution in [0, 0.1) is 11.8 Å². The van der Waals surface area contributed by atoms with Gasteiger partial charge in [-0.2, -0.15) is 5.10 Å². The number of amides is 1. The Labute approximate surface area is 127 Å². The van der Waals surface area contributed by atoms with Crippen molar-refractivity contribution >= 4 is 11.9 Å². The first-order chi connectivity index (χ1) is 10.6. The molecule has 1 aliphatic rings. The summed E-state index contributed by atoms with van der Waals surface area (Å²) in [5, 5.41) is 15.9. The molecule has 22 heavy (non-hydrogen) atoms. The number of carbonyl (C=O) groups excluding carboxylic acids is 1. The number of carboxylic acids is 1. The van der Waals surface area contributed by atoms with Crippen LogP contribution < -0.4 is 5.32 Å². The lowest BCUT2D eigenvalue weighted by Gasteiger charge is -2.03. The van der Waals surface area contributed by atoms with Gasteiger partial charge in [0.25, 0.3) is 0 Å². The third kappa shape index (κ3) is 3.16. The van der Waals surface area contributed by atoms with Crippen LogP contribution in [-0.4, -0.2) is 33.3 Å². The Bertz CT molecular complexity index is 681. The number of aromatic nitrogens is 2. The number of hydrogen-bond acceptors (Lipinski definition) is 3. The Kier molecular flexibility index (Phi) is 3.91. The Hall–Kier alpha value is -2.63. The van der Waals surface area contributed by atoms with Crippen LogP contribution in [0.5, 0.6) is 0 Å². The predicted molar refractivity (Wildman–Crippen MR) is 79.5 cm³/mol. The maximum Gasteiger partial charge on any atom is 0.307 e. The minimum absolute atomic E-state index is 0.164. The summed E-state index contributed by atoms with van der Waals surface area (Å²) < 4.78 is 1.79. The maximum absolute atomic E-state index is 11.7. The molecule has 1 aromatic heterocycles. The summed E-state index contributed by atoms with van der Waals surface area (Å²) in [6.45, 7) is 0.488. The van der Waals surface area contributed by atoms with Gasteiger partial charge in [-0.1, -0.05) is 18.2 Å². The van der Waals surface area contributed by atoms with E-state index in [-0.39, 0.29) is 11.8 Å². The van der Waals surface area contributed by atoms with Gasteiger partial charge in [0.05, 0.1) is 23.7 Å². The van der Waals surface area contributed by atoms with E-state index in [1.807, 2.05) is 36.5 Å². The second-order valence-corrected chi connectivity index (χ2v) is 5.46. The summed E-state index contributed by atoms with van der Waals surface area (Å²) >= 11 is 0. The highest BCUT2D eigenvalue weighted by Gasteiger charge is 2.48. The first-order valence-electron chi connectivity index (χ1n) is 7.24. The summed E-state index contributed by atoms with van der Waals surface area (Å²) in [6, 6.07) is 9.79. The van der Waals surface area contributed by atoms with Crippen molar-refractivity contribution in [3.05, 3.63) is 48.3 Å². The SMILES string of the molecule is O=C(NCCc1cnn(-c2ccccc2)c1)[C@H]1C[C@H]1C(=O)O. The van der Waals surface area contributed by atoms with Crippen LogP contribution in [0.2, 0.25) is 0 Å². The van der Waals surface area contributed by atoms with Crippen molar-refractivity contribution in [1.29, 1.82) is 0 Å². The number of rotatable bonds is 6. The molecule has 1 aromatic carbocycles. The Balaban J connectivity index is 1.48. The Morgan fingerprint density at radius 2 is 2.05 bits per heavy atom. The molecule has 1 amide bonds. The molecule has 2 aromatic rings. The van der Waals surface area contributed by atoms with Gasteiger partial charge >= 0.3 is 5.97 Å².